The number of carbonyl (C=O) groups is 4. The summed E-state index contributed by atoms with van der Waals surface area (Å²) in [5.41, 5.74) is 1.81. The molecular formula is C25H20N2O6. The van der Waals surface area contributed by atoms with Crippen LogP contribution in [0.2, 0.25) is 0 Å². The summed E-state index contributed by atoms with van der Waals surface area (Å²) < 4.78 is 10.8. The van der Waals surface area contributed by atoms with Crippen molar-refractivity contribution in [2.45, 2.75) is 13.8 Å². The molecule has 0 radical (unpaired) electrons. The van der Waals surface area contributed by atoms with Gasteiger partial charge in [-0.2, -0.15) is 0 Å². The number of hydrogen-bond donors (Lipinski definition) is 1. The molecule has 3 aromatic rings. The molecule has 0 saturated heterocycles. The maximum absolute atomic E-state index is 13.0. The van der Waals surface area contributed by atoms with Crippen molar-refractivity contribution in [3.63, 3.8) is 0 Å². The third kappa shape index (κ3) is 4.45. The number of rotatable bonds is 6. The van der Waals surface area contributed by atoms with Gasteiger partial charge >= 0.3 is 5.97 Å². The molecule has 0 aromatic heterocycles. The molecule has 0 unspecified atom stereocenters. The molecule has 8 heteroatoms. The molecule has 1 N–H and O–H groups in total. The van der Waals surface area contributed by atoms with Gasteiger partial charge in [0.2, 0.25) is 5.91 Å². The van der Waals surface area contributed by atoms with Gasteiger partial charge in [0, 0.05) is 12.6 Å². The minimum atomic E-state index is -0.481. The van der Waals surface area contributed by atoms with Gasteiger partial charge < -0.3 is 14.8 Å². The quantitative estimate of drug-likeness (QED) is 0.446. The summed E-state index contributed by atoms with van der Waals surface area (Å²) in [6.07, 6.45) is 0. The van der Waals surface area contributed by atoms with E-state index >= 15 is 0 Å². The number of hydrogen-bond acceptors (Lipinski definition) is 6. The van der Waals surface area contributed by atoms with Crippen LogP contribution in [0.25, 0.3) is 0 Å². The number of carbonyl (C=O) groups excluding carboxylic acids is 4. The van der Waals surface area contributed by atoms with Gasteiger partial charge in [-0.05, 0) is 73.7 Å². The van der Waals surface area contributed by atoms with Crippen LogP contribution in [-0.4, -0.2) is 30.3 Å². The van der Waals surface area contributed by atoms with Crippen LogP contribution in [0.4, 0.5) is 11.4 Å². The van der Waals surface area contributed by atoms with E-state index in [1.807, 2.05) is 0 Å². The van der Waals surface area contributed by atoms with Gasteiger partial charge in [-0.15, -0.1) is 0 Å². The summed E-state index contributed by atoms with van der Waals surface area (Å²) in [5, 5.41) is 2.67. The lowest BCUT2D eigenvalue weighted by molar-refractivity contribution is -0.114. The lowest BCUT2D eigenvalue weighted by Gasteiger charge is -2.14. The van der Waals surface area contributed by atoms with E-state index in [-0.39, 0.29) is 23.6 Å². The van der Waals surface area contributed by atoms with Crippen molar-refractivity contribution >= 4 is 35.1 Å². The minimum Gasteiger partial charge on any atom is -0.462 e. The Bertz CT molecular complexity index is 1250. The topological polar surface area (TPSA) is 102 Å². The molecule has 3 amide bonds. The van der Waals surface area contributed by atoms with Crippen molar-refractivity contribution in [1.29, 1.82) is 0 Å². The highest BCUT2D eigenvalue weighted by molar-refractivity contribution is 6.34. The van der Waals surface area contributed by atoms with Gasteiger partial charge in [0.05, 0.1) is 29.0 Å². The average Bonchev–Trinajstić information content (AvgIpc) is 3.04. The summed E-state index contributed by atoms with van der Waals surface area (Å²) in [6.45, 7) is 3.39. The zero-order valence-corrected chi connectivity index (χ0v) is 18.0. The fraction of sp³-hybridized carbons (Fsp3) is 0.120. The van der Waals surface area contributed by atoms with Crippen LogP contribution < -0.4 is 15.0 Å². The SMILES string of the molecule is CCOC(=O)c1ccc(N2C(=O)c3ccc(Oc4ccc(NC(C)=O)cc4)cc3C2=O)cc1. The van der Waals surface area contributed by atoms with Crippen LogP contribution in [0, 0.1) is 0 Å². The van der Waals surface area contributed by atoms with Gasteiger partial charge in [0.1, 0.15) is 11.5 Å². The van der Waals surface area contributed by atoms with Gasteiger partial charge in [0.25, 0.3) is 11.8 Å². The Kier molecular flexibility index (Phi) is 5.91. The summed E-state index contributed by atoms with van der Waals surface area (Å²) in [7, 11) is 0. The number of imide groups is 1. The summed E-state index contributed by atoms with van der Waals surface area (Å²) in [6, 6.07) is 17.5. The molecule has 4 rings (SSSR count). The van der Waals surface area contributed by atoms with E-state index < -0.39 is 17.8 Å². The van der Waals surface area contributed by atoms with Crippen molar-refractivity contribution < 1.29 is 28.7 Å². The molecule has 8 nitrogen and oxygen atoms in total. The number of nitrogens with zero attached hydrogens (tertiary/aromatic N) is 1. The third-order valence-corrected chi connectivity index (χ3v) is 4.91. The molecule has 0 saturated carbocycles. The Labute approximate surface area is 189 Å². The molecule has 0 bridgehead atoms. The number of fused-ring (bicyclic) bond motifs is 1. The first-order chi connectivity index (χ1) is 15.9. The Balaban J connectivity index is 1.53. The van der Waals surface area contributed by atoms with Crippen molar-refractivity contribution in [2.75, 3.05) is 16.8 Å². The molecular weight excluding hydrogens is 424 g/mol. The molecule has 1 aliphatic heterocycles. The monoisotopic (exact) mass is 444 g/mol. The fourth-order valence-corrected chi connectivity index (χ4v) is 3.42. The third-order valence-electron chi connectivity index (χ3n) is 4.91. The van der Waals surface area contributed by atoms with Crippen LogP contribution in [0.15, 0.2) is 66.7 Å². The van der Waals surface area contributed by atoms with E-state index in [0.717, 1.165) is 4.90 Å². The predicted octanol–water partition coefficient (Wildman–Crippen LogP) is 4.41. The zero-order valence-electron chi connectivity index (χ0n) is 18.0. The summed E-state index contributed by atoms with van der Waals surface area (Å²) in [4.78, 5) is 49.9. The van der Waals surface area contributed by atoms with Gasteiger partial charge in [-0.3, -0.25) is 14.4 Å². The van der Waals surface area contributed by atoms with Crippen molar-refractivity contribution in [2.24, 2.45) is 0 Å². The maximum atomic E-state index is 13.0. The second-order valence-electron chi connectivity index (χ2n) is 7.23. The fourth-order valence-electron chi connectivity index (χ4n) is 3.42. The van der Waals surface area contributed by atoms with Crippen molar-refractivity contribution in [3.8, 4) is 11.5 Å². The Morgan fingerprint density at radius 3 is 2.12 bits per heavy atom. The van der Waals surface area contributed by atoms with E-state index in [2.05, 4.69) is 5.32 Å². The molecule has 0 aliphatic carbocycles. The molecule has 0 fully saturated rings. The van der Waals surface area contributed by atoms with E-state index in [4.69, 9.17) is 9.47 Å². The number of nitrogens with one attached hydrogen (secondary N) is 1. The minimum absolute atomic E-state index is 0.175. The highest BCUT2D eigenvalue weighted by atomic mass is 16.5. The molecule has 1 heterocycles. The molecule has 33 heavy (non-hydrogen) atoms. The van der Waals surface area contributed by atoms with E-state index in [9.17, 15) is 19.2 Å². The number of anilines is 2. The number of benzene rings is 3. The smallest absolute Gasteiger partial charge is 0.338 e. The average molecular weight is 444 g/mol. The second kappa shape index (κ2) is 8.96. The Morgan fingerprint density at radius 2 is 1.48 bits per heavy atom. The zero-order chi connectivity index (χ0) is 23.5. The van der Waals surface area contributed by atoms with Crippen molar-refractivity contribution in [3.05, 3.63) is 83.4 Å². The largest absolute Gasteiger partial charge is 0.462 e. The van der Waals surface area contributed by atoms with Crippen LogP contribution >= 0.6 is 0 Å². The predicted molar refractivity (Wildman–Crippen MR) is 121 cm³/mol. The van der Waals surface area contributed by atoms with Crippen LogP contribution in [0.1, 0.15) is 44.9 Å². The lowest BCUT2D eigenvalue weighted by Crippen LogP contribution is -2.29. The first-order valence-electron chi connectivity index (χ1n) is 10.2. The van der Waals surface area contributed by atoms with Gasteiger partial charge in [0.15, 0.2) is 0 Å². The standard InChI is InChI=1S/C25H20N2O6/c1-3-32-25(31)16-4-8-18(9-5-16)27-23(29)21-13-12-20(14-22(21)24(27)30)33-19-10-6-17(7-11-19)26-15(2)28/h4-14H,3H2,1-2H3,(H,26,28). The van der Waals surface area contributed by atoms with E-state index in [1.165, 1.54) is 37.3 Å². The maximum Gasteiger partial charge on any atom is 0.338 e. The summed E-state index contributed by atoms with van der Waals surface area (Å²) >= 11 is 0. The van der Waals surface area contributed by atoms with Crippen LogP contribution in [-0.2, 0) is 9.53 Å². The molecule has 0 atom stereocenters. The highest BCUT2D eigenvalue weighted by Gasteiger charge is 2.37. The Hall–Kier alpha value is -4.46. The molecule has 0 spiro atoms. The van der Waals surface area contributed by atoms with Crippen LogP contribution in [0.5, 0.6) is 11.5 Å². The van der Waals surface area contributed by atoms with E-state index in [0.29, 0.717) is 28.4 Å². The van der Waals surface area contributed by atoms with Crippen LogP contribution in [0.3, 0.4) is 0 Å². The lowest BCUT2D eigenvalue weighted by atomic mass is 10.1. The van der Waals surface area contributed by atoms with Crippen molar-refractivity contribution in [1.82, 2.24) is 0 Å². The first kappa shape index (κ1) is 21.8. The second-order valence-corrected chi connectivity index (χ2v) is 7.23. The number of amides is 3. The highest BCUT2D eigenvalue weighted by Crippen LogP contribution is 2.32. The number of esters is 1. The molecule has 3 aromatic carbocycles. The molecule has 1 aliphatic rings. The van der Waals surface area contributed by atoms with E-state index in [1.54, 1.807) is 43.3 Å². The first-order valence-corrected chi connectivity index (χ1v) is 10.2. The normalized spacial score (nSPS) is 12.4. The molecule has 166 valence electrons. The summed E-state index contributed by atoms with van der Waals surface area (Å²) in [5.74, 6) is -0.687. The van der Waals surface area contributed by atoms with Gasteiger partial charge in [-0.25, -0.2) is 9.69 Å². The van der Waals surface area contributed by atoms with Gasteiger partial charge in [-0.1, -0.05) is 0 Å². The Morgan fingerprint density at radius 1 is 0.848 bits per heavy atom. The number of ether oxygens (including phenoxy) is 2.